The molecule has 0 saturated heterocycles. The van der Waals surface area contributed by atoms with Crippen molar-refractivity contribution in [3.8, 4) is 11.5 Å². The molecule has 0 radical (unpaired) electrons. The monoisotopic (exact) mass is 479 g/mol. The summed E-state index contributed by atoms with van der Waals surface area (Å²) in [5.41, 5.74) is 11.2. The van der Waals surface area contributed by atoms with Gasteiger partial charge in [0.25, 0.3) is 9.84 Å². The second kappa shape index (κ2) is 11.3. The molecule has 0 bridgehead atoms. The van der Waals surface area contributed by atoms with Crippen LogP contribution in [0.1, 0.15) is 11.1 Å². The van der Waals surface area contributed by atoms with E-state index in [-0.39, 0.29) is 18.0 Å². The molecule has 8 nitrogen and oxygen atoms in total. The van der Waals surface area contributed by atoms with Gasteiger partial charge in [-0.1, -0.05) is 48.5 Å². The van der Waals surface area contributed by atoms with Gasteiger partial charge >= 0.3 is 11.0 Å². The lowest BCUT2D eigenvalue weighted by Crippen LogP contribution is -2.41. The smallest absolute Gasteiger partial charge is 0.473 e. The van der Waals surface area contributed by atoms with Crippen molar-refractivity contribution in [1.82, 2.24) is 4.90 Å². The van der Waals surface area contributed by atoms with Crippen molar-refractivity contribution in [2.45, 2.75) is 17.9 Å². The standard InChI is InChI=1S/C25H25N3O5S/c1-32-21-14-13-20(23(17-21)33-2)18-28(16-15-19-9-5-3-6-10-19)25(29)24(27-26)34(30,31)22-11-7-4-8-12-22/h3-14,17H,15-16,18H2,1-2H3. The summed E-state index contributed by atoms with van der Waals surface area (Å²) in [7, 11) is -1.31. The highest BCUT2D eigenvalue weighted by atomic mass is 32.2. The number of nitrogens with zero attached hydrogens (tertiary/aromatic N) is 3. The molecule has 0 aliphatic carbocycles. The summed E-state index contributed by atoms with van der Waals surface area (Å²) in [5.74, 6) is 0.137. The van der Waals surface area contributed by atoms with Crippen molar-refractivity contribution in [2.75, 3.05) is 20.8 Å². The molecule has 0 aromatic heterocycles. The van der Waals surface area contributed by atoms with Crippen LogP contribution in [-0.4, -0.2) is 49.8 Å². The third-order valence-electron chi connectivity index (χ3n) is 5.24. The number of benzene rings is 3. The summed E-state index contributed by atoms with van der Waals surface area (Å²) in [6.07, 6.45) is 0.467. The SMILES string of the molecule is COc1ccc(CN(CCc2ccccc2)C(=O)C(=[N+]=[N-])S(=O)(=O)c2ccccc2)c(OC)c1. The van der Waals surface area contributed by atoms with E-state index in [1.165, 1.54) is 43.4 Å². The third-order valence-corrected chi connectivity index (χ3v) is 6.90. The second-order valence-corrected chi connectivity index (χ2v) is 9.23. The minimum Gasteiger partial charge on any atom is -0.497 e. The molecule has 0 N–H and O–H groups in total. The molecule has 1 amide bonds. The van der Waals surface area contributed by atoms with Crippen molar-refractivity contribution >= 4 is 20.8 Å². The van der Waals surface area contributed by atoms with Gasteiger partial charge in [-0.2, -0.15) is 0 Å². The molecular formula is C25H25N3O5S. The van der Waals surface area contributed by atoms with Gasteiger partial charge in [0.05, 0.1) is 19.1 Å². The van der Waals surface area contributed by atoms with Crippen LogP contribution in [0.15, 0.2) is 83.8 Å². The van der Waals surface area contributed by atoms with Gasteiger partial charge in [-0.25, -0.2) is 8.42 Å². The molecule has 0 aliphatic rings. The normalized spacial score (nSPS) is 10.8. The van der Waals surface area contributed by atoms with Crippen LogP contribution in [0.2, 0.25) is 0 Å². The van der Waals surface area contributed by atoms with Gasteiger partial charge in [0.2, 0.25) is 0 Å². The number of ether oxygens (including phenoxy) is 2. The number of carbonyl (C=O) groups is 1. The number of rotatable bonds is 8. The van der Waals surface area contributed by atoms with Gasteiger partial charge in [-0.05, 0) is 36.2 Å². The fourth-order valence-electron chi connectivity index (χ4n) is 3.41. The molecule has 0 unspecified atom stereocenters. The lowest BCUT2D eigenvalue weighted by atomic mass is 10.1. The predicted octanol–water partition coefficient (Wildman–Crippen LogP) is 3.38. The third kappa shape index (κ3) is 5.70. The molecule has 9 heteroatoms. The molecule has 176 valence electrons. The first-order chi connectivity index (χ1) is 16.4. The van der Waals surface area contributed by atoms with Crippen LogP contribution in [0, 0.1) is 0 Å². The molecule has 3 rings (SSSR count). The zero-order chi connectivity index (χ0) is 24.6. The van der Waals surface area contributed by atoms with Gasteiger partial charge in [0.15, 0.2) is 0 Å². The molecule has 0 aliphatic heterocycles. The Morgan fingerprint density at radius 2 is 1.59 bits per heavy atom. The summed E-state index contributed by atoms with van der Waals surface area (Å²) in [4.78, 5) is 17.5. The van der Waals surface area contributed by atoms with E-state index in [0.29, 0.717) is 23.5 Å². The van der Waals surface area contributed by atoms with Crippen molar-refractivity contribution in [1.29, 1.82) is 0 Å². The quantitative estimate of drug-likeness (QED) is 0.213. The van der Waals surface area contributed by atoms with Crippen LogP contribution in [0.5, 0.6) is 11.5 Å². The van der Waals surface area contributed by atoms with Gasteiger partial charge < -0.3 is 19.9 Å². The Kier molecular flexibility index (Phi) is 8.19. The maximum atomic E-state index is 13.4. The number of hydrogen-bond acceptors (Lipinski definition) is 5. The first-order valence-corrected chi connectivity index (χ1v) is 11.9. The van der Waals surface area contributed by atoms with Gasteiger partial charge in [-0.15, -0.1) is 4.79 Å². The number of carbonyl (C=O) groups excluding carboxylic acids is 1. The van der Waals surface area contributed by atoms with Crippen molar-refractivity contribution in [2.24, 2.45) is 0 Å². The minimum absolute atomic E-state index is 0.0299. The van der Waals surface area contributed by atoms with Crippen molar-refractivity contribution < 1.29 is 27.5 Å². The zero-order valence-electron chi connectivity index (χ0n) is 18.9. The Bertz CT molecular complexity index is 1290. The molecule has 0 saturated carbocycles. The summed E-state index contributed by atoms with van der Waals surface area (Å²) < 4.78 is 36.8. The van der Waals surface area contributed by atoms with Crippen LogP contribution in [-0.2, 0) is 27.6 Å². The highest BCUT2D eigenvalue weighted by molar-refractivity contribution is 8.08. The van der Waals surface area contributed by atoms with Gasteiger partial charge in [0.1, 0.15) is 11.5 Å². The number of sulfone groups is 1. The fraction of sp³-hybridized carbons (Fsp3) is 0.200. The van der Waals surface area contributed by atoms with E-state index in [4.69, 9.17) is 9.47 Å². The molecule has 34 heavy (non-hydrogen) atoms. The van der Waals surface area contributed by atoms with E-state index in [1.54, 1.807) is 24.3 Å². The van der Waals surface area contributed by atoms with Crippen LogP contribution in [0.4, 0.5) is 0 Å². The molecule has 0 atom stereocenters. The Morgan fingerprint density at radius 1 is 0.941 bits per heavy atom. The van der Waals surface area contributed by atoms with Crippen LogP contribution < -0.4 is 9.47 Å². The summed E-state index contributed by atoms with van der Waals surface area (Å²) in [5, 5.41) is -0.945. The van der Waals surface area contributed by atoms with E-state index in [0.717, 1.165) is 5.56 Å². The molecule has 3 aromatic rings. The molecule has 3 aromatic carbocycles. The topological polar surface area (TPSA) is 109 Å². The van der Waals surface area contributed by atoms with E-state index >= 15 is 0 Å². The van der Waals surface area contributed by atoms with Crippen molar-refractivity contribution in [3.63, 3.8) is 0 Å². The Balaban J connectivity index is 1.97. The number of methoxy groups -OCH3 is 2. The summed E-state index contributed by atoms with van der Waals surface area (Å²) >= 11 is 0. The zero-order valence-corrected chi connectivity index (χ0v) is 19.7. The minimum atomic E-state index is -4.34. The molecule has 0 heterocycles. The lowest BCUT2D eigenvalue weighted by Gasteiger charge is -2.22. The van der Waals surface area contributed by atoms with E-state index in [2.05, 4.69) is 4.79 Å². The summed E-state index contributed by atoms with van der Waals surface area (Å²) in [6.45, 7) is 0.212. The predicted molar refractivity (Wildman–Crippen MR) is 127 cm³/mol. The average Bonchev–Trinajstić information content (AvgIpc) is 2.87. The first-order valence-electron chi connectivity index (χ1n) is 10.5. The Morgan fingerprint density at radius 3 is 2.18 bits per heavy atom. The van der Waals surface area contributed by atoms with Gasteiger partial charge in [0, 0.05) is 24.7 Å². The van der Waals surface area contributed by atoms with Crippen molar-refractivity contribution in [3.05, 3.63) is 95.5 Å². The Labute approximate surface area is 198 Å². The summed E-state index contributed by atoms with van der Waals surface area (Å²) in [6, 6.07) is 22.0. The van der Waals surface area contributed by atoms with E-state index in [9.17, 15) is 18.7 Å². The maximum Gasteiger partial charge on any atom is 0.473 e. The van der Waals surface area contributed by atoms with E-state index < -0.39 is 20.8 Å². The largest absolute Gasteiger partial charge is 0.497 e. The van der Waals surface area contributed by atoms with Crippen LogP contribution in [0.3, 0.4) is 0 Å². The first kappa shape index (κ1) is 24.7. The Hall–Kier alpha value is -3.94. The molecule has 0 fully saturated rings. The number of amides is 1. The fourth-order valence-corrected chi connectivity index (χ4v) is 4.61. The second-order valence-electron chi connectivity index (χ2n) is 7.36. The van der Waals surface area contributed by atoms with Crippen LogP contribution in [0.25, 0.3) is 5.53 Å². The molecular weight excluding hydrogens is 454 g/mol. The van der Waals surface area contributed by atoms with Gasteiger partial charge in [-0.3, -0.25) is 4.79 Å². The van der Waals surface area contributed by atoms with Crippen LogP contribution >= 0.6 is 0 Å². The average molecular weight is 480 g/mol. The maximum absolute atomic E-state index is 13.4. The highest BCUT2D eigenvalue weighted by Crippen LogP contribution is 2.26. The highest BCUT2D eigenvalue weighted by Gasteiger charge is 2.40. The molecule has 0 spiro atoms. The van der Waals surface area contributed by atoms with E-state index in [1.807, 2.05) is 30.3 Å². The lowest BCUT2D eigenvalue weighted by molar-refractivity contribution is -0.128. The number of hydrogen-bond donors (Lipinski definition) is 0.